The summed E-state index contributed by atoms with van der Waals surface area (Å²) >= 11 is 0. The summed E-state index contributed by atoms with van der Waals surface area (Å²) in [6, 6.07) is 0.754. The molecule has 2 aliphatic heterocycles. The molecule has 3 nitrogen and oxygen atoms in total. The van der Waals surface area contributed by atoms with Gasteiger partial charge in [-0.25, -0.2) is 0 Å². The number of hydrogen-bond acceptors (Lipinski definition) is 3. The summed E-state index contributed by atoms with van der Waals surface area (Å²) in [6.45, 7) is 10.1. The third kappa shape index (κ3) is 2.92. The topological polar surface area (TPSA) is 24.5 Å². The number of piperidine rings is 1. The molecule has 88 valence electrons. The van der Waals surface area contributed by atoms with Crippen molar-refractivity contribution in [1.82, 2.24) is 10.2 Å². The zero-order valence-electron chi connectivity index (χ0n) is 10.0. The van der Waals surface area contributed by atoms with Crippen LogP contribution in [0.2, 0.25) is 0 Å². The van der Waals surface area contributed by atoms with Crippen LogP contribution in [0.25, 0.3) is 0 Å². The second-order valence-corrected chi connectivity index (χ2v) is 5.15. The van der Waals surface area contributed by atoms with Crippen molar-refractivity contribution in [3.05, 3.63) is 0 Å². The van der Waals surface area contributed by atoms with Crippen LogP contribution >= 0.6 is 0 Å². The molecule has 2 saturated heterocycles. The predicted octanol–water partition coefficient (Wildman–Crippen LogP) is 1.10. The highest BCUT2D eigenvalue weighted by atomic mass is 16.5. The monoisotopic (exact) mass is 212 g/mol. The van der Waals surface area contributed by atoms with Gasteiger partial charge in [-0.2, -0.15) is 0 Å². The van der Waals surface area contributed by atoms with Crippen LogP contribution in [0.1, 0.15) is 26.7 Å². The van der Waals surface area contributed by atoms with Crippen molar-refractivity contribution in [1.29, 1.82) is 0 Å². The highest BCUT2D eigenvalue weighted by Gasteiger charge is 2.28. The van der Waals surface area contributed by atoms with Gasteiger partial charge in [-0.05, 0) is 25.3 Å². The molecule has 2 heterocycles. The molecule has 0 bridgehead atoms. The van der Waals surface area contributed by atoms with Crippen molar-refractivity contribution in [2.24, 2.45) is 5.92 Å². The third-order valence-electron chi connectivity index (χ3n) is 3.66. The lowest BCUT2D eigenvalue weighted by molar-refractivity contribution is -0.0655. The van der Waals surface area contributed by atoms with E-state index in [1.54, 1.807) is 0 Å². The molecule has 0 aliphatic carbocycles. The molecule has 2 rings (SSSR count). The van der Waals surface area contributed by atoms with Crippen molar-refractivity contribution >= 4 is 0 Å². The molecular formula is C12H24N2O. The molecule has 0 saturated carbocycles. The molecule has 0 radical (unpaired) electrons. The number of ether oxygens (including phenoxy) is 1. The van der Waals surface area contributed by atoms with Crippen molar-refractivity contribution < 1.29 is 4.74 Å². The Bertz CT molecular complexity index is 190. The van der Waals surface area contributed by atoms with Gasteiger partial charge in [-0.15, -0.1) is 0 Å². The fourth-order valence-corrected chi connectivity index (χ4v) is 2.58. The molecule has 0 spiro atoms. The van der Waals surface area contributed by atoms with Crippen LogP contribution in [-0.2, 0) is 4.74 Å². The highest BCUT2D eigenvalue weighted by Crippen LogP contribution is 2.18. The Morgan fingerprint density at radius 1 is 1.40 bits per heavy atom. The van der Waals surface area contributed by atoms with Gasteiger partial charge in [0.25, 0.3) is 0 Å². The van der Waals surface area contributed by atoms with Gasteiger partial charge in [0.2, 0.25) is 0 Å². The third-order valence-corrected chi connectivity index (χ3v) is 3.66. The molecule has 15 heavy (non-hydrogen) atoms. The first-order valence-electron chi connectivity index (χ1n) is 6.33. The van der Waals surface area contributed by atoms with Crippen LogP contribution in [0.5, 0.6) is 0 Å². The predicted molar refractivity (Wildman–Crippen MR) is 62.0 cm³/mol. The summed E-state index contributed by atoms with van der Waals surface area (Å²) in [5, 5.41) is 3.49. The average Bonchev–Trinajstić information content (AvgIpc) is 2.30. The normalized spacial score (nSPS) is 34.6. The SMILES string of the molecule is CC(C)C1CN(C2CCCNC2)CCO1. The fourth-order valence-electron chi connectivity index (χ4n) is 2.58. The molecule has 2 unspecified atom stereocenters. The molecule has 2 fully saturated rings. The number of morpholine rings is 1. The van der Waals surface area contributed by atoms with Gasteiger partial charge in [0.15, 0.2) is 0 Å². The molecule has 3 heteroatoms. The van der Waals surface area contributed by atoms with Crippen molar-refractivity contribution in [2.45, 2.75) is 38.8 Å². The van der Waals surface area contributed by atoms with E-state index in [1.807, 2.05) is 0 Å². The van der Waals surface area contributed by atoms with Crippen LogP contribution in [-0.4, -0.2) is 49.8 Å². The first kappa shape index (κ1) is 11.4. The standard InChI is InChI=1S/C12H24N2O/c1-10(2)12-9-14(6-7-15-12)11-4-3-5-13-8-11/h10-13H,3-9H2,1-2H3. The lowest BCUT2D eigenvalue weighted by Gasteiger charge is -2.41. The first-order chi connectivity index (χ1) is 7.27. The van der Waals surface area contributed by atoms with Crippen LogP contribution in [0.3, 0.4) is 0 Å². The minimum Gasteiger partial charge on any atom is -0.375 e. The van der Waals surface area contributed by atoms with E-state index < -0.39 is 0 Å². The Labute approximate surface area is 93.2 Å². The Hall–Kier alpha value is -0.120. The smallest absolute Gasteiger partial charge is 0.0725 e. The quantitative estimate of drug-likeness (QED) is 0.742. The summed E-state index contributed by atoms with van der Waals surface area (Å²) in [6.07, 6.45) is 3.13. The van der Waals surface area contributed by atoms with Crippen LogP contribution in [0, 0.1) is 5.92 Å². The van der Waals surface area contributed by atoms with E-state index in [2.05, 4.69) is 24.1 Å². The van der Waals surface area contributed by atoms with E-state index in [0.29, 0.717) is 12.0 Å². The maximum Gasteiger partial charge on any atom is 0.0725 e. The molecular weight excluding hydrogens is 188 g/mol. The van der Waals surface area contributed by atoms with Crippen molar-refractivity contribution in [3.63, 3.8) is 0 Å². The minimum atomic E-state index is 0.445. The minimum absolute atomic E-state index is 0.445. The molecule has 2 atom stereocenters. The lowest BCUT2D eigenvalue weighted by atomic mass is 10.0. The molecule has 0 amide bonds. The molecule has 0 aromatic carbocycles. The second kappa shape index (κ2) is 5.28. The average molecular weight is 212 g/mol. The first-order valence-corrected chi connectivity index (χ1v) is 6.33. The van der Waals surface area contributed by atoms with Crippen molar-refractivity contribution in [3.8, 4) is 0 Å². The van der Waals surface area contributed by atoms with E-state index in [0.717, 1.165) is 25.7 Å². The summed E-state index contributed by atoms with van der Waals surface area (Å²) in [5.74, 6) is 0.643. The Morgan fingerprint density at radius 3 is 2.93 bits per heavy atom. The van der Waals surface area contributed by atoms with Crippen LogP contribution in [0.4, 0.5) is 0 Å². The highest BCUT2D eigenvalue weighted by molar-refractivity contribution is 4.83. The summed E-state index contributed by atoms with van der Waals surface area (Å²) in [5.41, 5.74) is 0. The van der Waals surface area contributed by atoms with Gasteiger partial charge < -0.3 is 10.1 Å². The van der Waals surface area contributed by atoms with Crippen LogP contribution < -0.4 is 5.32 Å². The van der Waals surface area contributed by atoms with Crippen LogP contribution in [0.15, 0.2) is 0 Å². The Kier molecular flexibility index (Phi) is 4.00. The lowest BCUT2D eigenvalue weighted by Crippen LogP contribution is -2.53. The molecule has 0 aromatic rings. The summed E-state index contributed by atoms with van der Waals surface area (Å²) < 4.78 is 5.80. The van der Waals surface area contributed by atoms with E-state index in [1.165, 1.54) is 25.9 Å². The maximum atomic E-state index is 5.80. The zero-order valence-corrected chi connectivity index (χ0v) is 10.0. The van der Waals surface area contributed by atoms with E-state index in [-0.39, 0.29) is 0 Å². The molecule has 1 N–H and O–H groups in total. The number of nitrogens with one attached hydrogen (secondary N) is 1. The number of nitrogens with zero attached hydrogens (tertiary/aromatic N) is 1. The van der Waals surface area contributed by atoms with Gasteiger partial charge in [0, 0.05) is 25.7 Å². The largest absolute Gasteiger partial charge is 0.375 e. The molecule has 2 aliphatic rings. The van der Waals surface area contributed by atoms with Gasteiger partial charge >= 0.3 is 0 Å². The van der Waals surface area contributed by atoms with Gasteiger partial charge in [0.1, 0.15) is 0 Å². The van der Waals surface area contributed by atoms with E-state index in [4.69, 9.17) is 4.74 Å². The number of hydrogen-bond donors (Lipinski definition) is 1. The number of rotatable bonds is 2. The van der Waals surface area contributed by atoms with Gasteiger partial charge in [0.05, 0.1) is 12.7 Å². The zero-order chi connectivity index (χ0) is 10.7. The van der Waals surface area contributed by atoms with E-state index >= 15 is 0 Å². The summed E-state index contributed by atoms with van der Waals surface area (Å²) in [7, 11) is 0. The Balaban J connectivity index is 1.85. The van der Waals surface area contributed by atoms with E-state index in [9.17, 15) is 0 Å². The molecule has 0 aromatic heterocycles. The maximum absolute atomic E-state index is 5.80. The van der Waals surface area contributed by atoms with Gasteiger partial charge in [-0.1, -0.05) is 13.8 Å². The Morgan fingerprint density at radius 2 is 2.27 bits per heavy atom. The fraction of sp³-hybridized carbons (Fsp3) is 1.00. The van der Waals surface area contributed by atoms with Gasteiger partial charge in [-0.3, -0.25) is 4.90 Å². The summed E-state index contributed by atoms with van der Waals surface area (Å²) in [4.78, 5) is 2.63. The second-order valence-electron chi connectivity index (χ2n) is 5.15. The van der Waals surface area contributed by atoms with Crippen molar-refractivity contribution in [2.75, 3.05) is 32.8 Å².